The van der Waals surface area contributed by atoms with Gasteiger partial charge in [0.1, 0.15) is 6.10 Å². The van der Waals surface area contributed by atoms with Gasteiger partial charge in [-0.2, -0.15) is 0 Å². The van der Waals surface area contributed by atoms with Gasteiger partial charge in [0.05, 0.1) is 17.9 Å². The van der Waals surface area contributed by atoms with Crippen LogP contribution in [0.5, 0.6) is 0 Å². The molecule has 19 heavy (non-hydrogen) atoms. The van der Waals surface area contributed by atoms with E-state index >= 15 is 0 Å². The van der Waals surface area contributed by atoms with E-state index in [1.165, 1.54) is 6.07 Å². The summed E-state index contributed by atoms with van der Waals surface area (Å²) in [6.07, 6.45) is -0.586. The van der Waals surface area contributed by atoms with Crippen LogP contribution in [0.15, 0.2) is 18.2 Å². The Morgan fingerprint density at radius 1 is 1.47 bits per heavy atom. The van der Waals surface area contributed by atoms with Gasteiger partial charge in [-0.15, -0.1) is 0 Å². The van der Waals surface area contributed by atoms with E-state index in [9.17, 15) is 9.59 Å². The lowest BCUT2D eigenvalue weighted by Crippen LogP contribution is -2.45. The zero-order chi connectivity index (χ0) is 13.8. The third kappa shape index (κ3) is 3.30. The van der Waals surface area contributed by atoms with Gasteiger partial charge < -0.3 is 20.5 Å². The third-order valence-electron chi connectivity index (χ3n) is 2.88. The van der Waals surface area contributed by atoms with E-state index < -0.39 is 12.1 Å². The number of benzene rings is 1. The molecule has 1 aliphatic rings. The Balaban J connectivity index is 2.13. The molecule has 0 bridgehead atoms. The fourth-order valence-corrected chi connectivity index (χ4v) is 1.89. The Bertz CT molecular complexity index is 495. The molecule has 1 aliphatic heterocycles. The van der Waals surface area contributed by atoms with Crippen LogP contribution >= 0.6 is 0 Å². The molecule has 6 heteroatoms. The highest BCUT2D eigenvalue weighted by atomic mass is 16.5. The van der Waals surface area contributed by atoms with Crippen molar-refractivity contribution < 1.29 is 19.4 Å². The summed E-state index contributed by atoms with van der Waals surface area (Å²) in [6, 6.07) is 4.87. The first kappa shape index (κ1) is 13.5. The van der Waals surface area contributed by atoms with Crippen molar-refractivity contribution in [2.24, 2.45) is 0 Å². The molecule has 1 unspecified atom stereocenters. The first-order valence-corrected chi connectivity index (χ1v) is 6.05. The average molecular weight is 264 g/mol. The van der Waals surface area contributed by atoms with E-state index in [1.54, 1.807) is 19.1 Å². The van der Waals surface area contributed by atoms with E-state index in [2.05, 4.69) is 10.6 Å². The van der Waals surface area contributed by atoms with Gasteiger partial charge in [-0.05, 0) is 19.1 Å². The van der Waals surface area contributed by atoms with Gasteiger partial charge in [0.25, 0.3) is 5.91 Å². The molecule has 1 heterocycles. The van der Waals surface area contributed by atoms with Gasteiger partial charge in [0.15, 0.2) is 0 Å². The lowest BCUT2D eigenvalue weighted by atomic mass is 10.1. The second-order valence-corrected chi connectivity index (χ2v) is 4.41. The van der Waals surface area contributed by atoms with Crippen LogP contribution in [0.3, 0.4) is 0 Å². The maximum absolute atomic E-state index is 12.0. The summed E-state index contributed by atoms with van der Waals surface area (Å²) >= 11 is 0. The number of hydrogen-bond acceptors (Lipinski definition) is 4. The van der Waals surface area contributed by atoms with Gasteiger partial charge in [0.2, 0.25) is 0 Å². The highest BCUT2D eigenvalue weighted by molar-refractivity contribution is 6.02. The van der Waals surface area contributed by atoms with Crippen LogP contribution in [0.25, 0.3) is 0 Å². The molecule has 1 aromatic carbocycles. The standard InChI is InChI=1S/C13H16N2O4/c1-8-2-3-10(9(6-8)13(17)18)15-12(16)11-7-14-4-5-19-11/h2-3,6,11,14H,4-5,7H2,1H3,(H,15,16)(H,17,18). The largest absolute Gasteiger partial charge is 0.478 e. The monoisotopic (exact) mass is 264 g/mol. The highest BCUT2D eigenvalue weighted by Crippen LogP contribution is 2.18. The van der Waals surface area contributed by atoms with Gasteiger partial charge in [0, 0.05) is 13.1 Å². The molecule has 2 rings (SSSR count). The third-order valence-corrected chi connectivity index (χ3v) is 2.88. The summed E-state index contributed by atoms with van der Waals surface area (Å²) in [7, 11) is 0. The molecule has 0 saturated carbocycles. The molecular formula is C13H16N2O4. The van der Waals surface area contributed by atoms with Gasteiger partial charge in [-0.25, -0.2) is 4.79 Å². The van der Waals surface area contributed by atoms with Crippen LogP contribution in [0, 0.1) is 6.92 Å². The van der Waals surface area contributed by atoms with E-state index in [-0.39, 0.29) is 17.2 Å². The normalized spacial score (nSPS) is 18.9. The fourth-order valence-electron chi connectivity index (χ4n) is 1.89. The van der Waals surface area contributed by atoms with Crippen molar-refractivity contribution in [3.63, 3.8) is 0 Å². The number of carbonyl (C=O) groups is 2. The number of ether oxygens (including phenoxy) is 1. The molecule has 1 aromatic rings. The number of anilines is 1. The number of morpholine rings is 1. The Labute approximate surface area is 110 Å². The molecule has 3 N–H and O–H groups in total. The Morgan fingerprint density at radius 3 is 2.89 bits per heavy atom. The van der Waals surface area contributed by atoms with Crippen molar-refractivity contribution in [3.8, 4) is 0 Å². The van der Waals surface area contributed by atoms with Crippen molar-refractivity contribution in [1.29, 1.82) is 0 Å². The van der Waals surface area contributed by atoms with Crippen LogP contribution in [0.1, 0.15) is 15.9 Å². The quantitative estimate of drug-likeness (QED) is 0.745. The number of amides is 1. The molecule has 6 nitrogen and oxygen atoms in total. The van der Waals surface area contributed by atoms with Crippen molar-refractivity contribution in [1.82, 2.24) is 5.32 Å². The lowest BCUT2D eigenvalue weighted by Gasteiger charge is -2.23. The number of aryl methyl sites for hydroxylation is 1. The first-order chi connectivity index (χ1) is 9.08. The average Bonchev–Trinajstić information content (AvgIpc) is 2.41. The number of hydrogen-bond donors (Lipinski definition) is 3. The Morgan fingerprint density at radius 2 is 2.26 bits per heavy atom. The number of carboxylic acids is 1. The SMILES string of the molecule is Cc1ccc(NC(=O)C2CNCCO2)c(C(=O)O)c1. The molecule has 0 aliphatic carbocycles. The molecular weight excluding hydrogens is 248 g/mol. The molecule has 1 fully saturated rings. The summed E-state index contributed by atoms with van der Waals surface area (Å²) in [5.41, 5.74) is 1.19. The van der Waals surface area contributed by atoms with Crippen LogP contribution < -0.4 is 10.6 Å². The summed E-state index contributed by atoms with van der Waals surface area (Å²) < 4.78 is 5.31. The summed E-state index contributed by atoms with van der Waals surface area (Å²) in [4.78, 5) is 23.1. The minimum absolute atomic E-state index is 0.0807. The smallest absolute Gasteiger partial charge is 0.337 e. The van der Waals surface area contributed by atoms with Crippen LogP contribution in [-0.4, -0.2) is 42.8 Å². The first-order valence-electron chi connectivity index (χ1n) is 6.05. The summed E-state index contributed by atoms with van der Waals surface area (Å²) in [6.45, 7) is 3.42. The maximum Gasteiger partial charge on any atom is 0.337 e. The predicted octanol–water partition coefficient (Wildman–Crippen LogP) is 0.620. The Hall–Kier alpha value is -1.92. The van der Waals surface area contributed by atoms with E-state index in [4.69, 9.17) is 9.84 Å². The zero-order valence-corrected chi connectivity index (χ0v) is 10.6. The van der Waals surface area contributed by atoms with Crippen LogP contribution in [0.2, 0.25) is 0 Å². The van der Waals surface area contributed by atoms with Crippen LogP contribution in [0.4, 0.5) is 5.69 Å². The van der Waals surface area contributed by atoms with Gasteiger partial charge >= 0.3 is 5.97 Å². The van der Waals surface area contributed by atoms with E-state index in [0.29, 0.717) is 19.7 Å². The zero-order valence-electron chi connectivity index (χ0n) is 10.6. The molecule has 1 atom stereocenters. The predicted molar refractivity (Wildman–Crippen MR) is 69.4 cm³/mol. The molecule has 0 radical (unpaired) electrons. The van der Waals surface area contributed by atoms with Gasteiger partial charge in [-0.3, -0.25) is 4.79 Å². The second-order valence-electron chi connectivity index (χ2n) is 4.41. The topological polar surface area (TPSA) is 87.7 Å². The number of carboxylic acid groups (broad SMARTS) is 1. The highest BCUT2D eigenvalue weighted by Gasteiger charge is 2.23. The maximum atomic E-state index is 12.0. The van der Waals surface area contributed by atoms with Crippen molar-refractivity contribution in [2.45, 2.75) is 13.0 Å². The molecule has 1 saturated heterocycles. The van der Waals surface area contributed by atoms with Gasteiger partial charge in [-0.1, -0.05) is 11.6 Å². The number of carbonyl (C=O) groups excluding carboxylic acids is 1. The molecule has 1 amide bonds. The minimum Gasteiger partial charge on any atom is -0.478 e. The molecule has 102 valence electrons. The minimum atomic E-state index is -1.07. The number of nitrogens with one attached hydrogen (secondary N) is 2. The lowest BCUT2D eigenvalue weighted by molar-refractivity contribution is -0.128. The second kappa shape index (κ2) is 5.81. The number of aromatic carboxylic acids is 1. The van der Waals surface area contributed by atoms with E-state index in [0.717, 1.165) is 5.56 Å². The number of rotatable bonds is 3. The summed E-state index contributed by atoms with van der Waals surface area (Å²) in [5, 5.41) is 14.8. The summed E-state index contributed by atoms with van der Waals surface area (Å²) in [5.74, 6) is -1.40. The van der Waals surface area contributed by atoms with E-state index in [1.807, 2.05) is 0 Å². The van der Waals surface area contributed by atoms with Crippen LogP contribution in [-0.2, 0) is 9.53 Å². The molecule has 0 spiro atoms. The van der Waals surface area contributed by atoms with Crippen molar-refractivity contribution in [3.05, 3.63) is 29.3 Å². The Kier molecular flexibility index (Phi) is 4.13. The molecule has 0 aromatic heterocycles. The van der Waals surface area contributed by atoms with Crippen molar-refractivity contribution >= 4 is 17.6 Å². The fraction of sp³-hybridized carbons (Fsp3) is 0.385. The van der Waals surface area contributed by atoms with Crippen molar-refractivity contribution in [2.75, 3.05) is 25.0 Å².